The largest absolute Gasteiger partial charge is 0.506 e. The van der Waals surface area contributed by atoms with Crippen molar-refractivity contribution < 1.29 is 5.11 Å². The number of aromatic nitrogens is 1. The number of anilines is 1. The number of nitrogens with zero attached hydrogens (tertiary/aromatic N) is 1. The lowest BCUT2D eigenvalue weighted by atomic mass is 10.3. The van der Waals surface area contributed by atoms with E-state index in [0.29, 0.717) is 16.7 Å². The lowest BCUT2D eigenvalue weighted by Crippen LogP contribution is -1.97. The number of aromatic hydroxyl groups is 1. The van der Waals surface area contributed by atoms with Crippen LogP contribution in [0.25, 0.3) is 0 Å². The molecule has 0 saturated carbocycles. The Balaban J connectivity index is 2.02. The van der Waals surface area contributed by atoms with Crippen molar-refractivity contribution >= 4 is 28.6 Å². The molecule has 1 aromatic heterocycles. The van der Waals surface area contributed by atoms with Crippen LogP contribution in [-0.2, 0) is 6.54 Å². The van der Waals surface area contributed by atoms with Crippen molar-refractivity contribution in [3.8, 4) is 5.75 Å². The monoisotopic (exact) mass is 240 g/mol. The molecule has 78 valence electrons. The molecule has 0 saturated heterocycles. The summed E-state index contributed by atoms with van der Waals surface area (Å²) in [7, 11) is 0. The van der Waals surface area contributed by atoms with Crippen molar-refractivity contribution in [2.75, 3.05) is 5.32 Å². The highest BCUT2D eigenvalue weighted by molar-refractivity contribution is 7.15. The van der Waals surface area contributed by atoms with Gasteiger partial charge in [-0.1, -0.05) is 23.7 Å². The number of phenols is 1. The van der Waals surface area contributed by atoms with E-state index >= 15 is 0 Å². The Bertz CT molecular complexity index is 458. The molecule has 1 heterocycles. The third-order valence-electron chi connectivity index (χ3n) is 1.88. The number of para-hydroxylation sites is 2. The van der Waals surface area contributed by atoms with Crippen LogP contribution in [0.15, 0.2) is 30.5 Å². The number of hydrogen-bond donors (Lipinski definition) is 2. The molecule has 0 aliphatic heterocycles. The smallest absolute Gasteiger partial charge is 0.183 e. The molecule has 0 radical (unpaired) electrons. The summed E-state index contributed by atoms with van der Waals surface area (Å²) in [6, 6.07) is 7.10. The van der Waals surface area contributed by atoms with Crippen LogP contribution in [-0.4, -0.2) is 10.1 Å². The highest BCUT2D eigenvalue weighted by atomic mass is 35.5. The van der Waals surface area contributed by atoms with E-state index in [1.54, 1.807) is 18.3 Å². The third-order valence-corrected chi connectivity index (χ3v) is 3.00. The molecule has 0 unspecified atom stereocenters. The van der Waals surface area contributed by atoms with Crippen molar-refractivity contribution in [2.24, 2.45) is 0 Å². The zero-order valence-electron chi connectivity index (χ0n) is 7.77. The number of nitrogens with one attached hydrogen (secondary N) is 1. The van der Waals surface area contributed by atoms with E-state index < -0.39 is 0 Å². The molecule has 15 heavy (non-hydrogen) atoms. The highest BCUT2D eigenvalue weighted by Gasteiger charge is 2.01. The van der Waals surface area contributed by atoms with Gasteiger partial charge in [0.1, 0.15) is 5.75 Å². The second kappa shape index (κ2) is 4.51. The SMILES string of the molecule is Oc1ccccc1NCc1cnc(Cl)s1. The molecule has 0 aliphatic carbocycles. The predicted molar refractivity (Wildman–Crippen MR) is 62.6 cm³/mol. The molecule has 0 spiro atoms. The van der Waals surface area contributed by atoms with Gasteiger partial charge in [-0.3, -0.25) is 0 Å². The number of thiazole rings is 1. The molecule has 0 amide bonds. The van der Waals surface area contributed by atoms with Crippen molar-refractivity contribution in [2.45, 2.75) is 6.54 Å². The van der Waals surface area contributed by atoms with Gasteiger partial charge >= 0.3 is 0 Å². The van der Waals surface area contributed by atoms with Gasteiger partial charge in [0, 0.05) is 11.1 Å². The molecule has 2 rings (SSSR count). The van der Waals surface area contributed by atoms with Crippen LogP contribution in [0.3, 0.4) is 0 Å². The lowest BCUT2D eigenvalue weighted by molar-refractivity contribution is 0.477. The highest BCUT2D eigenvalue weighted by Crippen LogP contribution is 2.24. The molecule has 0 atom stereocenters. The molecule has 0 fully saturated rings. The molecule has 2 aromatic rings. The molecule has 2 N–H and O–H groups in total. The van der Waals surface area contributed by atoms with Crippen LogP contribution in [0, 0.1) is 0 Å². The van der Waals surface area contributed by atoms with Gasteiger partial charge in [-0.05, 0) is 12.1 Å². The molecule has 1 aromatic carbocycles. The Morgan fingerprint density at radius 1 is 1.40 bits per heavy atom. The first kappa shape index (κ1) is 10.3. The molecular formula is C10H9ClN2OS. The second-order valence-electron chi connectivity index (χ2n) is 2.95. The van der Waals surface area contributed by atoms with Gasteiger partial charge in [0.2, 0.25) is 0 Å². The first-order chi connectivity index (χ1) is 7.25. The van der Waals surface area contributed by atoms with Gasteiger partial charge in [-0.2, -0.15) is 0 Å². The van der Waals surface area contributed by atoms with Crippen LogP contribution < -0.4 is 5.32 Å². The number of rotatable bonds is 3. The van der Waals surface area contributed by atoms with Crippen molar-refractivity contribution in [3.63, 3.8) is 0 Å². The standard InChI is InChI=1S/C10H9ClN2OS/c11-10-13-6-7(15-10)5-12-8-3-1-2-4-9(8)14/h1-4,6,12,14H,5H2. The van der Waals surface area contributed by atoms with Gasteiger partial charge < -0.3 is 10.4 Å². The average Bonchev–Trinajstić information content (AvgIpc) is 2.63. The van der Waals surface area contributed by atoms with Crippen LogP contribution in [0.1, 0.15) is 4.88 Å². The maximum Gasteiger partial charge on any atom is 0.183 e. The van der Waals surface area contributed by atoms with E-state index in [1.165, 1.54) is 11.3 Å². The Hall–Kier alpha value is -1.26. The second-order valence-corrected chi connectivity index (χ2v) is 4.65. The van der Waals surface area contributed by atoms with Crippen LogP contribution in [0.4, 0.5) is 5.69 Å². The summed E-state index contributed by atoms with van der Waals surface area (Å²) in [5.74, 6) is 0.244. The Morgan fingerprint density at radius 3 is 2.87 bits per heavy atom. The zero-order valence-corrected chi connectivity index (χ0v) is 9.35. The minimum Gasteiger partial charge on any atom is -0.506 e. The summed E-state index contributed by atoms with van der Waals surface area (Å²) in [6.07, 6.45) is 1.72. The van der Waals surface area contributed by atoms with Crippen molar-refractivity contribution in [3.05, 3.63) is 39.8 Å². The first-order valence-electron chi connectivity index (χ1n) is 4.38. The number of benzene rings is 1. The minimum atomic E-state index is 0.244. The zero-order chi connectivity index (χ0) is 10.7. The maximum atomic E-state index is 9.49. The first-order valence-corrected chi connectivity index (χ1v) is 5.57. The predicted octanol–water partition coefficient (Wildman–Crippen LogP) is 3.11. The van der Waals surface area contributed by atoms with Crippen molar-refractivity contribution in [1.29, 1.82) is 0 Å². The molecule has 0 bridgehead atoms. The number of halogens is 1. The van der Waals surface area contributed by atoms with Crippen molar-refractivity contribution in [1.82, 2.24) is 4.98 Å². The summed E-state index contributed by atoms with van der Waals surface area (Å²) < 4.78 is 0.532. The van der Waals surface area contributed by atoms with E-state index in [1.807, 2.05) is 12.1 Å². The lowest BCUT2D eigenvalue weighted by Gasteiger charge is -2.05. The summed E-state index contributed by atoms with van der Waals surface area (Å²) in [5.41, 5.74) is 0.710. The van der Waals surface area contributed by atoms with Gasteiger partial charge in [0.25, 0.3) is 0 Å². The third kappa shape index (κ3) is 2.61. The Morgan fingerprint density at radius 2 is 2.20 bits per heavy atom. The number of hydrogen-bond acceptors (Lipinski definition) is 4. The minimum absolute atomic E-state index is 0.244. The summed E-state index contributed by atoms with van der Waals surface area (Å²) in [5, 5.41) is 12.6. The molecular weight excluding hydrogens is 232 g/mol. The summed E-state index contributed by atoms with van der Waals surface area (Å²) in [4.78, 5) is 4.96. The topological polar surface area (TPSA) is 45.1 Å². The quantitative estimate of drug-likeness (QED) is 0.811. The maximum absolute atomic E-state index is 9.49. The van der Waals surface area contributed by atoms with Crippen LogP contribution >= 0.6 is 22.9 Å². The van der Waals surface area contributed by atoms with E-state index in [4.69, 9.17) is 11.6 Å². The van der Waals surface area contributed by atoms with Crippen LogP contribution in [0.2, 0.25) is 4.47 Å². The Labute approximate surface area is 96.4 Å². The summed E-state index contributed by atoms with van der Waals surface area (Å²) >= 11 is 7.13. The van der Waals surface area contributed by atoms with Gasteiger partial charge in [0.15, 0.2) is 4.47 Å². The van der Waals surface area contributed by atoms with Gasteiger partial charge in [0.05, 0.1) is 12.2 Å². The molecule has 0 aliphatic rings. The molecule has 5 heteroatoms. The van der Waals surface area contributed by atoms with E-state index in [2.05, 4.69) is 10.3 Å². The fraction of sp³-hybridized carbons (Fsp3) is 0.100. The average molecular weight is 241 g/mol. The van der Waals surface area contributed by atoms with E-state index in [-0.39, 0.29) is 5.75 Å². The van der Waals surface area contributed by atoms with Gasteiger partial charge in [-0.15, -0.1) is 11.3 Å². The molecule has 3 nitrogen and oxygen atoms in total. The number of phenolic OH excluding ortho intramolecular Hbond substituents is 1. The van der Waals surface area contributed by atoms with Crippen LogP contribution in [0.5, 0.6) is 5.75 Å². The summed E-state index contributed by atoms with van der Waals surface area (Å²) in [6.45, 7) is 0.613. The Kier molecular flexibility index (Phi) is 3.08. The van der Waals surface area contributed by atoms with E-state index in [0.717, 1.165) is 4.88 Å². The fourth-order valence-corrected chi connectivity index (χ4v) is 2.09. The fourth-order valence-electron chi connectivity index (χ4n) is 1.17. The van der Waals surface area contributed by atoms with E-state index in [9.17, 15) is 5.11 Å². The van der Waals surface area contributed by atoms with Gasteiger partial charge in [-0.25, -0.2) is 4.98 Å². The normalized spacial score (nSPS) is 10.2.